The molecule has 0 aliphatic carbocycles. The predicted octanol–water partition coefficient (Wildman–Crippen LogP) is 2.85. The van der Waals surface area contributed by atoms with Gasteiger partial charge in [-0.25, -0.2) is 4.79 Å². The van der Waals surface area contributed by atoms with Gasteiger partial charge < -0.3 is 20.1 Å². The first-order valence-corrected chi connectivity index (χ1v) is 10.4. The van der Waals surface area contributed by atoms with Crippen LogP contribution in [0.15, 0.2) is 35.3 Å². The summed E-state index contributed by atoms with van der Waals surface area (Å²) in [5, 5.41) is 5.54. The number of carbonyl (C=O) groups excluding carboxylic acids is 3. The van der Waals surface area contributed by atoms with Crippen molar-refractivity contribution in [3.63, 3.8) is 0 Å². The number of hydrogen-bond acceptors (Lipinski definition) is 6. The first kappa shape index (κ1) is 24.4. The number of amidine groups is 1. The second kappa shape index (κ2) is 9.49. The molecule has 8 heteroatoms. The van der Waals surface area contributed by atoms with Crippen LogP contribution in [0.1, 0.15) is 47.1 Å². The quantitative estimate of drug-likeness (QED) is 0.532. The minimum atomic E-state index is -1.51. The lowest BCUT2D eigenvalue weighted by atomic mass is 9.73. The molecule has 1 heterocycles. The van der Waals surface area contributed by atoms with Crippen LogP contribution in [0.2, 0.25) is 0 Å². The Labute approximate surface area is 183 Å². The molecule has 0 radical (unpaired) electrons. The van der Waals surface area contributed by atoms with E-state index in [-0.39, 0.29) is 12.3 Å². The lowest BCUT2D eigenvalue weighted by molar-refractivity contribution is -0.160. The van der Waals surface area contributed by atoms with E-state index in [2.05, 4.69) is 15.6 Å². The van der Waals surface area contributed by atoms with Crippen LogP contribution in [0.3, 0.4) is 0 Å². The summed E-state index contributed by atoms with van der Waals surface area (Å²) in [7, 11) is 1.26. The Balaban J connectivity index is 2.38. The zero-order valence-corrected chi connectivity index (χ0v) is 19.3. The lowest BCUT2D eigenvalue weighted by Crippen LogP contribution is -2.63. The van der Waals surface area contributed by atoms with E-state index >= 15 is 0 Å². The second-order valence-corrected chi connectivity index (χ2v) is 9.14. The van der Waals surface area contributed by atoms with Crippen molar-refractivity contribution in [3.05, 3.63) is 35.9 Å². The zero-order valence-electron chi connectivity index (χ0n) is 19.3. The topological polar surface area (TPSA) is 106 Å². The minimum absolute atomic E-state index is 0.0847. The molecule has 0 bridgehead atoms. The molecule has 0 saturated heterocycles. The van der Waals surface area contributed by atoms with Gasteiger partial charge >= 0.3 is 12.1 Å². The molecular formula is C23H33N3O5. The van der Waals surface area contributed by atoms with Gasteiger partial charge in [0.2, 0.25) is 5.91 Å². The number of esters is 1. The third-order valence-corrected chi connectivity index (χ3v) is 5.20. The van der Waals surface area contributed by atoms with E-state index in [1.54, 1.807) is 27.7 Å². The Bertz CT molecular complexity index is 845. The Hall–Kier alpha value is -2.90. The Morgan fingerprint density at radius 3 is 2.32 bits per heavy atom. The molecule has 0 aromatic heterocycles. The van der Waals surface area contributed by atoms with Gasteiger partial charge in [-0.15, -0.1) is 0 Å². The molecule has 1 aromatic rings. The third kappa shape index (κ3) is 5.62. The molecule has 170 valence electrons. The summed E-state index contributed by atoms with van der Waals surface area (Å²) in [5.74, 6) is -0.938. The van der Waals surface area contributed by atoms with Crippen LogP contribution < -0.4 is 10.6 Å². The number of aliphatic imine (C=N–C) groups is 1. The summed E-state index contributed by atoms with van der Waals surface area (Å²) < 4.78 is 10.4. The van der Waals surface area contributed by atoms with Crippen LogP contribution in [0.5, 0.6) is 0 Å². The number of alkyl carbamates (subject to hydrolysis) is 1. The van der Waals surface area contributed by atoms with Crippen molar-refractivity contribution in [1.29, 1.82) is 0 Å². The Morgan fingerprint density at radius 1 is 1.23 bits per heavy atom. The molecule has 0 spiro atoms. The first-order chi connectivity index (χ1) is 14.4. The van der Waals surface area contributed by atoms with Crippen molar-refractivity contribution >= 4 is 23.8 Å². The fourth-order valence-corrected chi connectivity index (χ4v) is 3.58. The molecule has 2 rings (SSSR count). The number of ether oxygens (including phenoxy) is 2. The van der Waals surface area contributed by atoms with Crippen LogP contribution in [0, 0.1) is 11.3 Å². The smallest absolute Gasteiger partial charge is 0.408 e. The van der Waals surface area contributed by atoms with Crippen LogP contribution >= 0.6 is 0 Å². The van der Waals surface area contributed by atoms with E-state index in [4.69, 9.17) is 9.47 Å². The number of nitrogens with zero attached hydrogens (tertiary/aromatic N) is 1. The number of benzene rings is 1. The summed E-state index contributed by atoms with van der Waals surface area (Å²) in [6, 6.07) is 7.97. The van der Waals surface area contributed by atoms with Gasteiger partial charge in [0, 0.05) is 0 Å². The minimum Gasteiger partial charge on any atom is -0.468 e. The van der Waals surface area contributed by atoms with Gasteiger partial charge in [0.25, 0.3) is 0 Å². The molecule has 0 saturated carbocycles. The molecule has 1 aliphatic rings. The van der Waals surface area contributed by atoms with E-state index < -0.39 is 41.1 Å². The molecule has 1 aromatic carbocycles. The first-order valence-electron chi connectivity index (χ1n) is 10.4. The highest BCUT2D eigenvalue weighted by Crippen LogP contribution is 2.34. The van der Waals surface area contributed by atoms with Crippen molar-refractivity contribution in [2.24, 2.45) is 16.3 Å². The number of nitrogens with one attached hydrogen (secondary N) is 2. The van der Waals surface area contributed by atoms with Crippen LogP contribution in [0.4, 0.5) is 4.79 Å². The van der Waals surface area contributed by atoms with Crippen LogP contribution in [0.25, 0.3) is 0 Å². The van der Waals surface area contributed by atoms with Gasteiger partial charge in [-0.3, -0.25) is 14.6 Å². The largest absolute Gasteiger partial charge is 0.468 e. The molecule has 8 nitrogen and oxygen atoms in total. The van der Waals surface area contributed by atoms with Crippen molar-refractivity contribution in [3.8, 4) is 0 Å². The summed E-state index contributed by atoms with van der Waals surface area (Å²) in [4.78, 5) is 43.1. The highest BCUT2D eigenvalue weighted by atomic mass is 16.6. The molecule has 2 amide bonds. The number of rotatable bonds is 6. The van der Waals surface area contributed by atoms with Crippen molar-refractivity contribution < 1.29 is 23.9 Å². The van der Waals surface area contributed by atoms with Gasteiger partial charge in [-0.05, 0) is 45.6 Å². The van der Waals surface area contributed by atoms with Crippen molar-refractivity contribution in [1.82, 2.24) is 10.6 Å². The summed E-state index contributed by atoms with van der Waals surface area (Å²) in [5.41, 5.74) is -1.35. The highest BCUT2D eigenvalue weighted by Gasteiger charge is 2.55. The standard InChI is InChI=1S/C23H33N3O5/c1-14(2)17(25-21(29)31-22(4,5)6)18-24-15(3)23(19(27)26-18,20(28)30-7)13-16-11-9-8-10-12-16/h8-12,14-15,17H,13H2,1-7H3,(H,25,29)(H,24,26,27). The predicted molar refractivity (Wildman–Crippen MR) is 118 cm³/mol. The average Bonchev–Trinajstić information content (AvgIpc) is 2.67. The van der Waals surface area contributed by atoms with Gasteiger partial charge in [0.15, 0.2) is 5.41 Å². The normalized spacial score (nSPS) is 22.3. The lowest BCUT2D eigenvalue weighted by Gasteiger charge is -2.39. The number of hydrogen-bond donors (Lipinski definition) is 2. The van der Waals surface area contributed by atoms with Gasteiger partial charge in [-0.2, -0.15) is 0 Å². The van der Waals surface area contributed by atoms with E-state index in [0.29, 0.717) is 5.84 Å². The number of methoxy groups -OCH3 is 1. The fourth-order valence-electron chi connectivity index (χ4n) is 3.58. The van der Waals surface area contributed by atoms with Gasteiger partial charge in [-0.1, -0.05) is 44.2 Å². The van der Waals surface area contributed by atoms with E-state index in [1.165, 1.54) is 7.11 Å². The van der Waals surface area contributed by atoms with Crippen molar-refractivity contribution in [2.75, 3.05) is 7.11 Å². The monoisotopic (exact) mass is 431 g/mol. The molecule has 0 fully saturated rings. The molecular weight excluding hydrogens is 398 g/mol. The van der Waals surface area contributed by atoms with E-state index in [0.717, 1.165) is 5.56 Å². The number of carbonyl (C=O) groups is 3. The summed E-state index contributed by atoms with van der Waals surface area (Å²) in [6.45, 7) is 10.8. The highest BCUT2D eigenvalue weighted by molar-refractivity contribution is 6.14. The molecule has 31 heavy (non-hydrogen) atoms. The summed E-state index contributed by atoms with van der Waals surface area (Å²) in [6.07, 6.45) is -0.458. The zero-order chi connectivity index (χ0) is 23.4. The maximum Gasteiger partial charge on any atom is 0.408 e. The molecule has 3 unspecified atom stereocenters. The summed E-state index contributed by atoms with van der Waals surface area (Å²) >= 11 is 0. The molecule has 1 aliphatic heterocycles. The molecule has 3 atom stereocenters. The molecule has 2 N–H and O–H groups in total. The van der Waals surface area contributed by atoms with Crippen LogP contribution in [-0.4, -0.2) is 48.6 Å². The number of amides is 2. The van der Waals surface area contributed by atoms with Crippen molar-refractivity contribution in [2.45, 2.75) is 65.6 Å². The van der Waals surface area contributed by atoms with Gasteiger partial charge in [0.05, 0.1) is 19.2 Å². The van der Waals surface area contributed by atoms with E-state index in [9.17, 15) is 14.4 Å². The third-order valence-electron chi connectivity index (χ3n) is 5.20. The van der Waals surface area contributed by atoms with E-state index in [1.807, 2.05) is 44.2 Å². The Kier molecular flexibility index (Phi) is 7.46. The second-order valence-electron chi connectivity index (χ2n) is 9.14. The van der Waals surface area contributed by atoms with Crippen LogP contribution in [-0.2, 0) is 25.5 Å². The maximum atomic E-state index is 13.3. The van der Waals surface area contributed by atoms with Gasteiger partial charge in [0.1, 0.15) is 11.4 Å². The Morgan fingerprint density at radius 2 is 1.84 bits per heavy atom. The maximum absolute atomic E-state index is 13.3. The fraction of sp³-hybridized carbons (Fsp3) is 0.565. The average molecular weight is 432 g/mol. The SMILES string of the molecule is COC(=O)C1(Cc2ccccc2)C(=O)NC(C(NC(=O)OC(C)(C)C)C(C)C)=NC1C.